The first-order valence-corrected chi connectivity index (χ1v) is 7.88. The molecule has 0 radical (unpaired) electrons. The quantitative estimate of drug-likeness (QED) is 0.602. The van der Waals surface area contributed by atoms with Crippen molar-refractivity contribution in [3.63, 3.8) is 0 Å². The van der Waals surface area contributed by atoms with E-state index in [-0.39, 0.29) is 24.1 Å². The van der Waals surface area contributed by atoms with Gasteiger partial charge < -0.3 is 5.32 Å². The average Bonchev–Trinajstić information content (AvgIpc) is 2.54. The maximum atomic E-state index is 12.8. The Bertz CT molecular complexity index is 776. The van der Waals surface area contributed by atoms with Crippen LogP contribution in [0.4, 0.5) is 10.1 Å². The van der Waals surface area contributed by atoms with E-state index >= 15 is 0 Å². The Morgan fingerprint density at radius 3 is 2.54 bits per heavy atom. The molecule has 7 heteroatoms. The molecule has 0 aliphatic carbocycles. The van der Waals surface area contributed by atoms with Crippen LogP contribution < -0.4 is 10.7 Å². The molecule has 2 aromatic rings. The van der Waals surface area contributed by atoms with Gasteiger partial charge in [0.1, 0.15) is 5.82 Å². The number of hydrogen-bond donors (Lipinski definition) is 2. The number of halogens is 2. The Balaban J connectivity index is 1.87. The number of carbonyl (C=O) groups excluding carboxylic acids is 2. The minimum Gasteiger partial charge on any atom is -0.326 e. The van der Waals surface area contributed by atoms with Crippen LogP contribution in [-0.2, 0) is 4.79 Å². The van der Waals surface area contributed by atoms with E-state index in [0.29, 0.717) is 17.0 Å². The number of anilines is 1. The van der Waals surface area contributed by atoms with Crippen LogP contribution in [0.1, 0.15) is 23.7 Å². The third-order valence-electron chi connectivity index (χ3n) is 2.98. The van der Waals surface area contributed by atoms with Crippen LogP contribution >= 0.6 is 15.9 Å². The van der Waals surface area contributed by atoms with Crippen molar-refractivity contribution in [2.24, 2.45) is 5.10 Å². The lowest BCUT2D eigenvalue weighted by Gasteiger charge is -2.05. The van der Waals surface area contributed by atoms with Gasteiger partial charge in [-0.15, -0.1) is 0 Å². The Labute approximate surface area is 147 Å². The summed E-state index contributed by atoms with van der Waals surface area (Å²) < 4.78 is 13.6. The maximum absolute atomic E-state index is 12.8. The highest BCUT2D eigenvalue weighted by atomic mass is 79.9. The Morgan fingerprint density at radius 2 is 1.88 bits per heavy atom. The van der Waals surface area contributed by atoms with Crippen LogP contribution in [0.2, 0.25) is 0 Å². The van der Waals surface area contributed by atoms with Gasteiger partial charge in [0.05, 0.1) is 6.42 Å². The number of carbonyl (C=O) groups is 2. The van der Waals surface area contributed by atoms with Crippen LogP contribution in [0, 0.1) is 5.82 Å². The maximum Gasteiger partial charge on any atom is 0.271 e. The fourth-order valence-corrected chi connectivity index (χ4v) is 2.25. The number of benzene rings is 2. The van der Waals surface area contributed by atoms with Gasteiger partial charge in [0.25, 0.3) is 5.91 Å². The lowest BCUT2D eigenvalue weighted by Crippen LogP contribution is -2.21. The molecular formula is C17H15BrFN3O2. The van der Waals surface area contributed by atoms with Crippen molar-refractivity contribution in [2.75, 3.05) is 5.32 Å². The zero-order valence-corrected chi connectivity index (χ0v) is 14.4. The number of hydrazone groups is 1. The summed E-state index contributed by atoms with van der Waals surface area (Å²) in [6, 6.07) is 12.3. The van der Waals surface area contributed by atoms with E-state index in [1.807, 2.05) is 6.07 Å². The second-order valence-electron chi connectivity index (χ2n) is 5.03. The lowest BCUT2D eigenvalue weighted by molar-refractivity contribution is -0.115. The van der Waals surface area contributed by atoms with E-state index in [4.69, 9.17) is 0 Å². The highest BCUT2D eigenvalue weighted by molar-refractivity contribution is 9.10. The monoisotopic (exact) mass is 391 g/mol. The number of nitrogens with zero attached hydrogens (tertiary/aromatic N) is 1. The molecule has 0 bridgehead atoms. The first kappa shape index (κ1) is 17.8. The molecule has 24 heavy (non-hydrogen) atoms. The van der Waals surface area contributed by atoms with Crippen molar-refractivity contribution in [3.05, 3.63) is 64.4 Å². The number of nitrogens with one attached hydrogen (secondary N) is 2. The predicted octanol–water partition coefficient (Wildman–Crippen LogP) is 3.72. The van der Waals surface area contributed by atoms with Gasteiger partial charge in [-0.05, 0) is 49.4 Å². The minimum atomic E-state index is -0.374. The van der Waals surface area contributed by atoms with Gasteiger partial charge >= 0.3 is 0 Å². The molecule has 124 valence electrons. The highest BCUT2D eigenvalue weighted by Crippen LogP contribution is 2.11. The van der Waals surface area contributed by atoms with Gasteiger partial charge in [-0.1, -0.05) is 22.0 Å². The standard InChI is InChI=1S/C17H15BrFN3O2/c1-11(9-16(23)20-15-7-5-14(19)6-8-15)21-22-17(24)12-3-2-4-13(18)10-12/h2-8,10H,9H2,1H3,(H,20,23)(H,22,24)/b21-11+. The molecule has 2 rings (SSSR count). The third-order valence-corrected chi connectivity index (χ3v) is 3.47. The van der Waals surface area contributed by atoms with Gasteiger partial charge in [0.2, 0.25) is 5.91 Å². The van der Waals surface area contributed by atoms with Crippen molar-refractivity contribution >= 4 is 39.1 Å². The molecule has 0 fully saturated rings. The van der Waals surface area contributed by atoms with E-state index in [1.54, 1.807) is 25.1 Å². The summed E-state index contributed by atoms with van der Waals surface area (Å²) in [6.45, 7) is 1.63. The average molecular weight is 392 g/mol. The van der Waals surface area contributed by atoms with E-state index in [9.17, 15) is 14.0 Å². The van der Waals surface area contributed by atoms with Gasteiger partial charge in [-0.3, -0.25) is 9.59 Å². The lowest BCUT2D eigenvalue weighted by atomic mass is 10.2. The molecule has 0 aliphatic heterocycles. The summed E-state index contributed by atoms with van der Waals surface area (Å²) in [4.78, 5) is 23.8. The number of amides is 2. The van der Waals surface area contributed by atoms with Crippen molar-refractivity contribution < 1.29 is 14.0 Å². The fraction of sp³-hybridized carbons (Fsp3) is 0.118. The molecule has 0 atom stereocenters. The van der Waals surface area contributed by atoms with Gasteiger partial charge in [-0.25, -0.2) is 9.82 Å². The zero-order valence-electron chi connectivity index (χ0n) is 12.8. The van der Waals surface area contributed by atoms with Crippen LogP contribution in [0.3, 0.4) is 0 Å². The predicted molar refractivity (Wildman–Crippen MR) is 94.4 cm³/mol. The number of hydrogen-bond acceptors (Lipinski definition) is 3. The molecule has 5 nitrogen and oxygen atoms in total. The van der Waals surface area contributed by atoms with Crippen LogP contribution in [0.25, 0.3) is 0 Å². The van der Waals surface area contributed by atoms with Crippen LogP contribution in [0.5, 0.6) is 0 Å². The van der Waals surface area contributed by atoms with Crippen molar-refractivity contribution in [1.29, 1.82) is 0 Å². The Kier molecular flexibility index (Phi) is 6.20. The van der Waals surface area contributed by atoms with E-state index < -0.39 is 0 Å². The zero-order chi connectivity index (χ0) is 17.5. The summed E-state index contributed by atoms with van der Waals surface area (Å²) in [6.07, 6.45) is 0.0101. The fourth-order valence-electron chi connectivity index (χ4n) is 1.85. The summed E-state index contributed by atoms with van der Waals surface area (Å²) in [5, 5.41) is 6.53. The summed E-state index contributed by atoms with van der Waals surface area (Å²) >= 11 is 3.29. The molecule has 2 N–H and O–H groups in total. The van der Waals surface area contributed by atoms with E-state index in [0.717, 1.165) is 4.47 Å². The molecule has 0 spiro atoms. The summed E-state index contributed by atoms with van der Waals surface area (Å²) in [5.41, 5.74) is 3.79. The van der Waals surface area contributed by atoms with Crippen molar-refractivity contribution in [1.82, 2.24) is 5.43 Å². The molecule has 0 unspecified atom stereocenters. The van der Waals surface area contributed by atoms with Gasteiger partial charge in [0.15, 0.2) is 0 Å². The summed E-state index contributed by atoms with van der Waals surface area (Å²) in [7, 11) is 0. The largest absolute Gasteiger partial charge is 0.326 e. The van der Waals surface area contributed by atoms with Crippen molar-refractivity contribution in [2.45, 2.75) is 13.3 Å². The molecule has 2 aromatic carbocycles. The molecule has 2 amide bonds. The van der Waals surface area contributed by atoms with E-state index in [2.05, 4.69) is 31.8 Å². The normalized spacial score (nSPS) is 11.0. The highest BCUT2D eigenvalue weighted by Gasteiger charge is 2.07. The second kappa shape index (κ2) is 8.35. The van der Waals surface area contributed by atoms with Crippen LogP contribution in [0.15, 0.2) is 58.1 Å². The first-order valence-electron chi connectivity index (χ1n) is 7.08. The molecular weight excluding hydrogens is 377 g/mol. The third kappa shape index (κ3) is 5.58. The Hall–Kier alpha value is -2.54. The summed E-state index contributed by atoms with van der Waals surface area (Å²) in [5.74, 6) is -1.05. The Morgan fingerprint density at radius 1 is 1.17 bits per heavy atom. The molecule has 0 saturated carbocycles. The number of rotatable bonds is 5. The SMILES string of the molecule is C/C(CC(=O)Nc1ccc(F)cc1)=N\NC(=O)c1cccc(Br)c1. The minimum absolute atomic E-state index is 0.0101. The smallest absolute Gasteiger partial charge is 0.271 e. The molecule has 0 saturated heterocycles. The van der Waals surface area contributed by atoms with E-state index in [1.165, 1.54) is 24.3 Å². The topological polar surface area (TPSA) is 70.6 Å². The molecule has 0 heterocycles. The first-order chi connectivity index (χ1) is 11.4. The molecule has 0 aromatic heterocycles. The molecule has 0 aliphatic rings. The van der Waals surface area contributed by atoms with Crippen molar-refractivity contribution in [3.8, 4) is 0 Å². The van der Waals surface area contributed by atoms with Gasteiger partial charge in [0, 0.05) is 21.4 Å². The van der Waals surface area contributed by atoms with Crippen LogP contribution in [-0.4, -0.2) is 17.5 Å². The second-order valence-corrected chi connectivity index (χ2v) is 5.95. The van der Waals surface area contributed by atoms with Gasteiger partial charge in [-0.2, -0.15) is 5.10 Å².